The molecule has 4 aliphatic carbocycles. The molecule has 0 radical (unpaired) electrons. The quantitative estimate of drug-likeness (QED) is 0.812. The molecule has 0 aromatic rings. The van der Waals surface area contributed by atoms with Gasteiger partial charge in [-0.2, -0.15) is 0 Å². The zero-order valence-electron chi connectivity index (χ0n) is 13.1. The molecule has 0 saturated heterocycles. The summed E-state index contributed by atoms with van der Waals surface area (Å²) in [4.78, 5) is 12.8. The maximum absolute atomic E-state index is 12.8. The normalized spacial score (nSPS) is 39.0. The number of nitrogens with two attached hydrogens (primary N) is 1. The van der Waals surface area contributed by atoms with E-state index in [1.54, 1.807) is 0 Å². The first-order valence-electron chi connectivity index (χ1n) is 8.41. The van der Waals surface area contributed by atoms with Gasteiger partial charge in [-0.25, -0.2) is 0 Å². The van der Waals surface area contributed by atoms with E-state index in [0.717, 1.165) is 50.0 Å². The number of nitrogens with one attached hydrogen (secondary N) is 1. The third-order valence-corrected chi connectivity index (χ3v) is 6.07. The molecule has 4 aliphatic rings. The molecule has 4 rings (SSSR count). The number of carbonyl (C=O) groups is 1. The Hall–Kier alpha value is -0.570. The summed E-state index contributed by atoms with van der Waals surface area (Å²) in [5.41, 5.74) is 5.77. The summed E-state index contributed by atoms with van der Waals surface area (Å²) in [7, 11) is 0. The van der Waals surface area contributed by atoms with Crippen molar-refractivity contribution in [2.24, 2.45) is 34.3 Å². The van der Waals surface area contributed by atoms with Gasteiger partial charge >= 0.3 is 0 Å². The molecule has 0 heterocycles. The van der Waals surface area contributed by atoms with Gasteiger partial charge in [0, 0.05) is 12.0 Å². The molecule has 0 spiro atoms. The minimum atomic E-state index is -0.00640. The molecule has 0 unspecified atom stereocenters. The molecule has 0 aromatic carbocycles. The number of hydrogen-bond acceptors (Lipinski definition) is 2. The highest BCUT2D eigenvalue weighted by atomic mass is 16.2. The van der Waals surface area contributed by atoms with Crippen molar-refractivity contribution in [1.29, 1.82) is 0 Å². The molecule has 20 heavy (non-hydrogen) atoms. The van der Waals surface area contributed by atoms with E-state index in [9.17, 15) is 4.79 Å². The lowest BCUT2D eigenvalue weighted by Gasteiger charge is -2.55. The van der Waals surface area contributed by atoms with Crippen LogP contribution in [0.2, 0.25) is 0 Å². The molecule has 4 fully saturated rings. The van der Waals surface area contributed by atoms with E-state index >= 15 is 0 Å². The van der Waals surface area contributed by atoms with Crippen LogP contribution in [-0.4, -0.2) is 19.0 Å². The minimum Gasteiger partial charge on any atom is -0.355 e. The van der Waals surface area contributed by atoms with Crippen LogP contribution in [0.4, 0.5) is 0 Å². The average molecular weight is 278 g/mol. The van der Waals surface area contributed by atoms with Crippen LogP contribution in [0.15, 0.2) is 0 Å². The van der Waals surface area contributed by atoms with E-state index in [2.05, 4.69) is 19.2 Å². The largest absolute Gasteiger partial charge is 0.355 e. The summed E-state index contributed by atoms with van der Waals surface area (Å²) < 4.78 is 0. The van der Waals surface area contributed by atoms with Gasteiger partial charge < -0.3 is 11.1 Å². The Labute approximate surface area is 123 Å². The van der Waals surface area contributed by atoms with Gasteiger partial charge in [0.15, 0.2) is 0 Å². The lowest BCUT2D eigenvalue weighted by Crippen LogP contribution is -2.54. The molecular weight excluding hydrogens is 248 g/mol. The number of rotatable bonds is 5. The maximum atomic E-state index is 12.8. The zero-order valence-corrected chi connectivity index (χ0v) is 13.1. The fourth-order valence-corrected chi connectivity index (χ4v) is 5.37. The standard InChI is InChI=1S/C17H30N2O/c1-16(2,3-4-18)11-19-15(20)17-8-12-5-13(9-17)7-14(6-12)10-17/h12-14H,3-11,18H2,1-2H3,(H,19,20). The van der Waals surface area contributed by atoms with Crippen LogP contribution in [-0.2, 0) is 4.79 Å². The van der Waals surface area contributed by atoms with Crippen LogP contribution in [0.25, 0.3) is 0 Å². The lowest BCUT2D eigenvalue weighted by molar-refractivity contribution is -0.146. The topological polar surface area (TPSA) is 55.1 Å². The number of hydrogen-bond donors (Lipinski definition) is 2. The zero-order chi connectivity index (χ0) is 14.4. The molecule has 1 amide bonds. The highest BCUT2D eigenvalue weighted by Gasteiger charge is 2.54. The van der Waals surface area contributed by atoms with E-state index in [-0.39, 0.29) is 10.8 Å². The molecular formula is C17H30N2O. The second-order valence-electron chi connectivity index (χ2n) is 8.58. The summed E-state index contributed by atoms with van der Waals surface area (Å²) in [6, 6.07) is 0. The van der Waals surface area contributed by atoms with E-state index in [1.165, 1.54) is 19.3 Å². The van der Waals surface area contributed by atoms with E-state index < -0.39 is 0 Å². The number of amides is 1. The lowest BCUT2D eigenvalue weighted by atomic mass is 9.49. The molecule has 4 bridgehead atoms. The second kappa shape index (κ2) is 5.01. The van der Waals surface area contributed by atoms with Gasteiger partial charge in [0.1, 0.15) is 0 Å². The highest BCUT2D eigenvalue weighted by Crippen LogP contribution is 2.60. The minimum absolute atomic E-state index is 0.00640. The molecule has 4 saturated carbocycles. The molecule has 3 N–H and O–H groups in total. The summed E-state index contributed by atoms with van der Waals surface area (Å²) in [6.07, 6.45) is 8.61. The first-order chi connectivity index (χ1) is 9.42. The van der Waals surface area contributed by atoms with Crippen LogP contribution in [0, 0.1) is 28.6 Å². The number of carbonyl (C=O) groups excluding carboxylic acids is 1. The van der Waals surface area contributed by atoms with E-state index in [1.807, 2.05) is 0 Å². The SMILES string of the molecule is CC(C)(CCN)CNC(=O)C12CC3CC(CC(C3)C1)C2. The van der Waals surface area contributed by atoms with Gasteiger partial charge in [-0.05, 0) is 74.7 Å². The molecule has 3 nitrogen and oxygen atoms in total. The van der Waals surface area contributed by atoms with Gasteiger partial charge in [-0.15, -0.1) is 0 Å². The smallest absolute Gasteiger partial charge is 0.226 e. The second-order valence-corrected chi connectivity index (χ2v) is 8.58. The summed E-state index contributed by atoms with van der Waals surface area (Å²) in [6.45, 7) is 5.85. The van der Waals surface area contributed by atoms with Crippen molar-refractivity contribution in [3.8, 4) is 0 Å². The Bertz CT molecular complexity index is 353. The van der Waals surface area contributed by atoms with Gasteiger partial charge in [-0.1, -0.05) is 13.8 Å². The van der Waals surface area contributed by atoms with Crippen LogP contribution in [0.5, 0.6) is 0 Å². The first-order valence-corrected chi connectivity index (χ1v) is 8.41. The first kappa shape index (κ1) is 14.4. The predicted molar refractivity (Wildman–Crippen MR) is 81.1 cm³/mol. The molecule has 0 aliphatic heterocycles. The fraction of sp³-hybridized carbons (Fsp3) is 0.941. The van der Waals surface area contributed by atoms with Crippen LogP contribution >= 0.6 is 0 Å². The van der Waals surface area contributed by atoms with Crippen LogP contribution < -0.4 is 11.1 Å². The Morgan fingerprint density at radius 2 is 1.65 bits per heavy atom. The summed E-state index contributed by atoms with van der Waals surface area (Å²) in [5, 5.41) is 3.27. The Morgan fingerprint density at radius 1 is 1.15 bits per heavy atom. The van der Waals surface area contributed by atoms with Crippen molar-refractivity contribution >= 4 is 5.91 Å². The van der Waals surface area contributed by atoms with Gasteiger partial charge in [0.05, 0.1) is 0 Å². The Morgan fingerprint density at radius 3 is 2.10 bits per heavy atom. The van der Waals surface area contributed by atoms with Gasteiger partial charge in [0.2, 0.25) is 5.91 Å². The third kappa shape index (κ3) is 2.61. The van der Waals surface area contributed by atoms with Crippen molar-refractivity contribution in [3.05, 3.63) is 0 Å². The molecule has 3 heteroatoms. The van der Waals surface area contributed by atoms with Crippen molar-refractivity contribution in [1.82, 2.24) is 5.32 Å². The van der Waals surface area contributed by atoms with E-state index in [4.69, 9.17) is 5.73 Å². The average Bonchev–Trinajstić information content (AvgIpc) is 2.34. The van der Waals surface area contributed by atoms with E-state index in [0.29, 0.717) is 12.5 Å². The predicted octanol–water partition coefficient (Wildman–Crippen LogP) is 2.69. The van der Waals surface area contributed by atoms with Gasteiger partial charge in [-0.3, -0.25) is 4.79 Å². The maximum Gasteiger partial charge on any atom is 0.226 e. The monoisotopic (exact) mass is 278 g/mol. The van der Waals surface area contributed by atoms with Crippen LogP contribution in [0.3, 0.4) is 0 Å². The molecule has 0 atom stereocenters. The fourth-order valence-electron chi connectivity index (χ4n) is 5.37. The van der Waals surface area contributed by atoms with Crippen molar-refractivity contribution in [3.63, 3.8) is 0 Å². The molecule has 0 aromatic heterocycles. The third-order valence-electron chi connectivity index (χ3n) is 6.07. The van der Waals surface area contributed by atoms with Gasteiger partial charge in [0.25, 0.3) is 0 Å². The van der Waals surface area contributed by atoms with Crippen LogP contribution in [0.1, 0.15) is 58.8 Å². The highest BCUT2D eigenvalue weighted by molar-refractivity contribution is 5.83. The van der Waals surface area contributed by atoms with Crippen molar-refractivity contribution in [2.45, 2.75) is 58.8 Å². The van der Waals surface area contributed by atoms with Crippen molar-refractivity contribution in [2.75, 3.05) is 13.1 Å². The summed E-state index contributed by atoms with van der Waals surface area (Å²) >= 11 is 0. The Balaban J connectivity index is 1.62. The Kier molecular flexibility index (Phi) is 3.60. The summed E-state index contributed by atoms with van der Waals surface area (Å²) in [5.74, 6) is 2.86. The molecule has 114 valence electrons. The van der Waals surface area contributed by atoms with Crippen molar-refractivity contribution < 1.29 is 4.79 Å².